The lowest BCUT2D eigenvalue weighted by Crippen LogP contribution is -2.31. The molecule has 2 aromatic carbocycles. The maximum absolute atomic E-state index is 13.0. The summed E-state index contributed by atoms with van der Waals surface area (Å²) in [4.78, 5) is 4.84. The van der Waals surface area contributed by atoms with Gasteiger partial charge in [-0.1, -0.05) is 18.2 Å². The molecule has 5 rings (SSSR count). The highest BCUT2D eigenvalue weighted by molar-refractivity contribution is 7.89. The summed E-state index contributed by atoms with van der Waals surface area (Å²) in [6.07, 6.45) is 1.18. The molecular formula is C21H20N2O4S. The first-order chi connectivity index (χ1) is 13.6. The number of fused-ring (bicyclic) bond motifs is 2. The molecule has 7 heteroatoms. The molecule has 3 heterocycles. The Bertz CT molecular complexity index is 1150. The van der Waals surface area contributed by atoms with E-state index in [4.69, 9.17) is 9.47 Å². The van der Waals surface area contributed by atoms with E-state index in [1.807, 2.05) is 36.4 Å². The Kier molecular flexibility index (Phi) is 4.21. The summed E-state index contributed by atoms with van der Waals surface area (Å²) >= 11 is 0. The maximum atomic E-state index is 13.0. The van der Waals surface area contributed by atoms with Gasteiger partial charge in [0, 0.05) is 24.4 Å². The van der Waals surface area contributed by atoms with E-state index in [1.165, 1.54) is 4.31 Å². The lowest BCUT2D eigenvalue weighted by Gasteiger charge is -2.17. The van der Waals surface area contributed by atoms with Crippen molar-refractivity contribution < 1.29 is 17.9 Å². The third-order valence-electron chi connectivity index (χ3n) is 5.27. The summed E-state index contributed by atoms with van der Waals surface area (Å²) in [5.74, 6) is 1.31. The number of benzene rings is 2. The fourth-order valence-corrected chi connectivity index (χ4v) is 5.31. The van der Waals surface area contributed by atoms with E-state index in [9.17, 15) is 8.42 Å². The van der Waals surface area contributed by atoms with Crippen molar-refractivity contribution in [3.8, 4) is 11.6 Å². The first-order valence-electron chi connectivity index (χ1n) is 9.38. The van der Waals surface area contributed by atoms with Crippen LogP contribution in [0, 0.1) is 0 Å². The first-order valence-corrected chi connectivity index (χ1v) is 10.8. The number of aromatic nitrogens is 1. The molecule has 1 unspecified atom stereocenters. The van der Waals surface area contributed by atoms with Gasteiger partial charge in [0.05, 0.1) is 23.6 Å². The molecule has 28 heavy (non-hydrogen) atoms. The zero-order valence-corrected chi connectivity index (χ0v) is 16.1. The average molecular weight is 396 g/mol. The highest BCUT2D eigenvalue weighted by atomic mass is 32.2. The quantitative estimate of drug-likeness (QED) is 0.678. The molecule has 1 saturated heterocycles. The molecule has 0 saturated carbocycles. The highest BCUT2D eigenvalue weighted by Crippen LogP contribution is 2.30. The van der Waals surface area contributed by atoms with E-state index in [0.29, 0.717) is 36.9 Å². The summed E-state index contributed by atoms with van der Waals surface area (Å²) < 4.78 is 39.0. The van der Waals surface area contributed by atoms with Gasteiger partial charge in [-0.05, 0) is 42.3 Å². The summed E-state index contributed by atoms with van der Waals surface area (Å²) in [7, 11) is -3.54. The summed E-state index contributed by atoms with van der Waals surface area (Å²) in [6.45, 7) is 1.37. The van der Waals surface area contributed by atoms with Gasteiger partial charge in [0.1, 0.15) is 11.9 Å². The fourth-order valence-electron chi connectivity index (χ4n) is 3.77. The van der Waals surface area contributed by atoms with Gasteiger partial charge in [-0.3, -0.25) is 0 Å². The Morgan fingerprint density at radius 3 is 2.93 bits per heavy atom. The SMILES string of the molecule is O=S(=O)(c1ccc2c(c1)CCO2)N1CCC(Oc2ccc3ccccc3n2)C1. The minimum atomic E-state index is -3.54. The van der Waals surface area contributed by atoms with Crippen LogP contribution in [0.1, 0.15) is 12.0 Å². The van der Waals surface area contributed by atoms with Crippen LogP contribution < -0.4 is 9.47 Å². The van der Waals surface area contributed by atoms with Crippen molar-refractivity contribution in [1.29, 1.82) is 0 Å². The molecule has 2 aliphatic heterocycles. The van der Waals surface area contributed by atoms with E-state index in [0.717, 1.165) is 28.6 Å². The number of nitrogens with zero attached hydrogens (tertiary/aromatic N) is 2. The van der Waals surface area contributed by atoms with Crippen molar-refractivity contribution >= 4 is 20.9 Å². The Labute approximate surface area is 163 Å². The number of ether oxygens (including phenoxy) is 2. The van der Waals surface area contributed by atoms with E-state index in [1.54, 1.807) is 18.2 Å². The standard InChI is InChI=1S/C21H20N2O4S/c24-28(25,18-6-7-20-16(13-18)10-12-26-20)23-11-9-17(14-23)27-21-8-5-15-3-1-2-4-19(15)22-21/h1-8,13,17H,9-12,14H2. The lowest BCUT2D eigenvalue weighted by molar-refractivity contribution is 0.207. The molecule has 0 spiro atoms. The van der Waals surface area contributed by atoms with Gasteiger partial charge >= 0.3 is 0 Å². The number of para-hydroxylation sites is 1. The summed E-state index contributed by atoms with van der Waals surface area (Å²) in [5, 5.41) is 1.05. The second kappa shape index (κ2) is 6.76. The molecular weight excluding hydrogens is 376 g/mol. The Balaban J connectivity index is 1.32. The first kappa shape index (κ1) is 17.5. The number of sulfonamides is 1. The van der Waals surface area contributed by atoms with Crippen molar-refractivity contribution in [3.05, 3.63) is 60.2 Å². The van der Waals surface area contributed by atoms with Crippen molar-refractivity contribution in [1.82, 2.24) is 9.29 Å². The largest absolute Gasteiger partial charge is 0.493 e. The van der Waals surface area contributed by atoms with Gasteiger partial charge < -0.3 is 9.47 Å². The normalized spacial score (nSPS) is 19.5. The average Bonchev–Trinajstić information content (AvgIpc) is 3.37. The molecule has 0 radical (unpaired) electrons. The van der Waals surface area contributed by atoms with Gasteiger partial charge in [-0.2, -0.15) is 4.31 Å². The molecule has 144 valence electrons. The number of hydrogen-bond acceptors (Lipinski definition) is 5. The predicted molar refractivity (Wildman–Crippen MR) is 105 cm³/mol. The van der Waals surface area contributed by atoms with Crippen LogP contribution in [0.25, 0.3) is 10.9 Å². The van der Waals surface area contributed by atoms with Crippen LogP contribution in [-0.4, -0.2) is 43.5 Å². The Hall–Kier alpha value is -2.64. The second-order valence-electron chi connectivity index (χ2n) is 7.10. The summed E-state index contributed by atoms with van der Waals surface area (Å²) in [6, 6.07) is 16.7. The van der Waals surface area contributed by atoms with Crippen LogP contribution in [0.15, 0.2) is 59.5 Å². The van der Waals surface area contributed by atoms with Crippen LogP contribution in [0.5, 0.6) is 11.6 Å². The van der Waals surface area contributed by atoms with Gasteiger partial charge in [0.2, 0.25) is 15.9 Å². The minimum Gasteiger partial charge on any atom is -0.493 e. The van der Waals surface area contributed by atoms with Gasteiger partial charge in [-0.25, -0.2) is 13.4 Å². The molecule has 6 nitrogen and oxygen atoms in total. The zero-order chi connectivity index (χ0) is 19.1. The van der Waals surface area contributed by atoms with E-state index < -0.39 is 10.0 Å². The molecule has 1 aromatic heterocycles. The van der Waals surface area contributed by atoms with Gasteiger partial charge in [-0.15, -0.1) is 0 Å². The minimum absolute atomic E-state index is 0.207. The number of pyridine rings is 1. The fraction of sp³-hybridized carbons (Fsp3) is 0.286. The van der Waals surface area contributed by atoms with Crippen molar-refractivity contribution in [3.63, 3.8) is 0 Å². The predicted octanol–water partition coefficient (Wildman–Crippen LogP) is 3.01. The molecule has 0 N–H and O–H groups in total. The van der Waals surface area contributed by atoms with Crippen molar-refractivity contribution in [2.45, 2.75) is 23.8 Å². The summed E-state index contributed by atoms with van der Waals surface area (Å²) in [5.41, 5.74) is 1.82. The maximum Gasteiger partial charge on any atom is 0.243 e. The van der Waals surface area contributed by atoms with Crippen LogP contribution >= 0.6 is 0 Å². The van der Waals surface area contributed by atoms with Crippen molar-refractivity contribution in [2.24, 2.45) is 0 Å². The molecule has 0 amide bonds. The van der Waals surface area contributed by atoms with E-state index >= 15 is 0 Å². The lowest BCUT2D eigenvalue weighted by atomic mass is 10.2. The zero-order valence-electron chi connectivity index (χ0n) is 15.2. The number of rotatable bonds is 4. The van der Waals surface area contributed by atoms with Crippen LogP contribution in [0.3, 0.4) is 0 Å². The van der Waals surface area contributed by atoms with E-state index in [2.05, 4.69) is 4.98 Å². The van der Waals surface area contributed by atoms with Crippen LogP contribution in [0.2, 0.25) is 0 Å². The van der Waals surface area contributed by atoms with Crippen LogP contribution in [-0.2, 0) is 16.4 Å². The highest BCUT2D eigenvalue weighted by Gasteiger charge is 2.34. The molecule has 0 aliphatic carbocycles. The Morgan fingerprint density at radius 1 is 1.11 bits per heavy atom. The molecule has 3 aromatic rings. The Morgan fingerprint density at radius 2 is 2.00 bits per heavy atom. The topological polar surface area (TPSA) is 68.7 Å². The monoisotopic (exact) mass is 396 g/mol. The molecule has 0 bridgehead atoms. The van der Waals surface area contributed by atoms with Gasteiger partial charge in [0.15, 0.2) is 0 Å². The van der Waals surface area contributed by atoms with Crippen molar-refractivity contribution in [2.75, 3.05) is 19.7 Å². The smallest absolute Gasteiger partial charge is 0.243 e. The van der Waals surface area contributed by atoms with Gasteiger partial charge in [0.25, 0.3) is 0 Å². The third-order valence-corrected chi connectivity index (χ3v) is 7.13. The second-order valence-corrected chi connectivity index (χ2v) is 9.04. The van der Waals surface area contributed by atoms with E-state index in [-0.39, 0.29) is 6.10 Å². The molecule has 1 atom stereocenters. The third kappa shape index (κ3) is 3.10. The number of hydrogen-bond donors (Lipinski definition) is 0. The molecule has 2 aliphatic rings. The molecule has 1 fully saturated rings. The van der Waals surface area contributed by atoms with Crippen LogP contribution in [0.4, 0.5) is 0 Å².